The second-order valence-corrected chi connectivity index (χ2v) is 6.02. The number of benzene rings is 1. The van der Waals surface area contributed by atoms with Crippen molar-refractivity contribution < 1.29 is 5.11 Å². The highest BCUT2D eigenvalue weighted by molar-refractivity contribution is 7.18. The Labute approximate surface area is 110 Å². The van der Waals surface area contributed by atoms with Gasteiger partial charge in [-0.25, -0.2) is 4.98 Å². The summed E-state index contributed by atoms with van der Waals surface area (Å²) in [5.74, 6) is 0. The maximum atomic E-state index is 9.41. The molecule has 1 aromatic heterocycles. The fourth-order valence-corrected chi connectivity index (χ4v) is 3.54. The molecule has 2 heterocycles. The standard InChI is InChI=1S/C13H17N3OS/c1-8-15-11-6-12(10(14)5-13(11)18-8)16-4-2-3-9(16)7-17/h5-6,9,17H,2-4,7,14H2,1H3. The Hall–Kier alpha value is -1.33. The zero-order chi connectivity index (χ0) is 12.7. The van der Waals surface area contributed by atoms with Crippen molar-refractivity contribution in [3.05, 3.63) is 17.1 Å². The van der Waals surface area contributed by atoms with Gasteiger partial charge in [-0.1, -0.05) is 0 Å². The molecule has 1 saturated heterocycles. The quantitative estimate of drug-likeness (QED) is 0.815. The van der Waals surface area contributed by atoms with Crippen molar-refractivity contribution in [1.29, 1.82) is 0 Å². The van der Waals surface area contributed by atoms with Crippen LogP contribution in [0.3, 0.4) is 0 Å². The normalized spacial score (nSPS) is 19.9. The minimum Gasteiger partial charge on any atom is -0.397 e. The van der Waals surface area contributed by atoms with Crippen molar-refractivity contribution in [3.63, 3.8) is 0 Å². The third kappa shape index (κ3) is 1.83. The maximum absolute atomic E-state index is 9.41. The molecule has 1 aliphatic heterocycles. The highest BCUT2D eigenvalue weighted by Gasteiger charge is 2.25. The van der Waals surface area contributed by atoms with Crippen molar-refractivity contribution >= 4 is 32.9 Å². The maximum Gasteiger partial charge on any atom is 0.0907 e. The number of aromatic nitrogens is 1. The van der Waals surface area contributed by atoms with Crippen LogP contribution in [-0.2, 0) is 0 Å². The summed E-state index contributed by atoms with van der Waals surface area (Å²) in [5.41, 5.74) is 8.95. The van der Waals surface area contributed by atoms with E-state index in [2.05, 4.69) is 16.0 Å². The molecule has 3 rings (SSSR count). The monoisotopic (exact) mass is 263 g/mol. The molecule has 1 unspecified atom stereocenters. The first-order valence-electron chi connectivity index (χ1n) is 6.23. The van der Waals surface area contributed by atoms with E-state index in [1.54, 1.807) is 11.3 Å². The predicted octanol–water partition coefficient (Wildman–Crippen LogP) is 2.15. The number of rotatable bonds is 2. The Morgan fingerprint density at radius 1 is 1.56 bits per heavy atom. The summed E-state index contributed by atoms with van der Waals surface area (Å²) < 4.78 is 1.13. The van der Waals surface area contributed by atoms with Gasteiger partial charge in [0.2, 0.25) is 0 Å². The summed E-state index contributed by atoms with van der Waals surface area (Å²) in [6.07, 6.45) is 2.14. The lowest BCUT2D eigenvalue weighted by Gasteiger charge is -2.26. The summed E-state index contributed by atoms with van der Waals surface area (Å²) in [6, 6.07) is 4.26. The van der Waals surface area contributed by atoms with Gasteiger partial charge in [-0.3, -0.25) is 0 Å². The van der Waals surface area contributed by atoms with Crippen molar-refractivity contribution in [1.82, 2.24) is 4.98 Å². The summed E-state index contributed by atoms with van der Waals surface area (Å²) in [6.45, 7) is 3.16. The molecule has 1 atom stereocenters. The molecule has 0 bridgehead atoms. The Morgan fingerprint density at radius 3 is 3.17 bits per heavy atom. The second kappa shape index (κ2) is 4.40. The lowest BCUT2D eigenvalue weighted by atomic mass is 10.2. The molecule has 1 aromatic carbocycles. The number of aliphatic hydroxyl groups excluding tert-OH is 1. The third-order valence-electron chi connectivity index (χ3n) is 3.54. The third-order valence-corrected chi connectivity index (χ3v) is 4.47. The van der Waals surface area contributed by atoms with Gasteiger partial charge in [0, 0.05) is 6.54 Å². The van der Waals surface area contributed by atoms with Crippen molar-refractivity contribution in [2.75, 3.05) is 23.8 Å². The van der Waals surface area contributed by atoms with Gasteiger partial charge >= 0.3 is 0 Å². The summed E-state index contributed by atoms with van der Waals surface area (Å²) in [5, 5.41) is 10.5. The lowest BCUT2D eigenvalue weighted by Crippen LogP contribution is -2.32. The number of nitrogens with zero attached hydrogens (tertiary/aromatic N) is 2. The van der Waals surface area contributed by atoms with Crippen molar-refractivity contribution in [2.24, 2.45) is 0 Å². The van der Waals surface area contributed by atoms with Gasteiger partial charge in [0.25, 0.3) is 0 Å². The number of anilines is 2. The van der Waals surface area contributed by atoms with Gasteiger partial charge < -0.3 is 15.7 Å². The van der Waals surface area contributed by atoms with Crippen LogP contribution in [0.4, 0.5) is 11.4 Å². The predicted molar refractivity (Wildman–Crippen MR) is 76.2 cm³/mol. The van der Waals surface area contributed by atoms with Gasteiger partial charge in [0.15, 0.2) is 0 Å². The van der Waals surface area contributed by atoms with Crippen LogP contribution < -0.4 is 10.6 Å². The lowest BCUT2D eigenvalue weighted by molar-refractivity contribution is 0.266. The Bertz CT molecular complexity index is 581. The van der Waals surface area contributed by atoms with Crippen LogP contribution in [0.2, 0.25) is 0 Å². The molecule has 2 aromatic rings. The molecular formula is C13H17N3OS. The molecule has 4 nitrogen and oxygen atoms in total. The van der Waals surface area contributed by atoms with Crippen LogP contribution >= 0.6 is 11.3 Å². The van der Waals surface area contributed by atoms with E-state index in [0.717, 1.165) is 46.0 Å². The van der Waals surface area contributed by atoms with Crippen LogP contribution in [0.5, 0.6) is 0 Å². The van der Waals surface area contributed by atoms with Crippen LogP contribution in [0, 0.1) is 6.92 Å². The number of thiazole rings is 1. The molecule has 5 heteroatoms. The zero-order valence-electron chi connectivity index (χ0n) is 10.4. The van der Waals surface area contributed by atoms with Gasteiger partial charge in [-0.2, -0.15) is 0 Å². The second-order valence-electron chi connectivity index (χ2n) is 4.78. The van der Waals surface area contributed by atoms with Crippen molar-refractivity contribution in [2.45, 2.75) is 25.8 Å². The number of aryl methyl sites for hydroxylation is 1. The molecular weight excluding hydrogens is 246 g/mol. The van der Waals surface area contributed by atoms with E-state index in [9.17, 15) is 5.11 Å². The number of fused-ring (bicyclic) bond motifs is 1. The first kappa shape index (κ1) is 11.7. The van der Waals surface area contributed by atoms with E-state index in [1.807, 2.05) is 13.0 Å². The minimum atomic E-state index is 0.188. The number of nitrogens with two attached hydrogens (primary N) is 1. The zero-order valence-corrected chi connectivity index (χ0v) is 11.2. The Balaban J connectivity index is 2.07. The summed E-state index contributed by atoms with van der Waals surface area (Å²) in [4.78, 5) is 6.72. The van der Waals surface area contributed by atoms with Gasteiger partial charge in [0.05, 0.1) is 39.2 Å². The molecule has 1 fully saturated rings. The minimum absolute atomic E-state index is 0.188. The SMILES string of the molecule is Cc1nc2cc(N3CCCC3CO)c(N)cc2s1. The van der Waals surface area contributed by atoms with E-state index in [0.29, 0.717) is 0 Å². The summed E-state index contributed by atoms with van der Waals surface area (Å²) >= 11 is 1.67. The van der Waals surface area contributed by atoms with Gasteiger partial charge in [-0.15, -0.1) is 11.3 Å². The highest BCUT2D eigenvalue weighted by Crippen LogP contribution is 2.35. The average molecular weight is 263 g/mol. The average Bonchev–Trinajstić information content (AvgIpc) is 2.92. The van der Waals surface area contributed by atoms with Gasteiger partial charge in [-0.05, 0) is 31.9 Å². The molecule has 0 radical (unpaired) electrons. The number of hydrogen-bond acceptors (Lipinski definition) is 5. The van der Waals surface area contributed by atoms with E-state index >= 15 is 0 Å². The van der Waals surface area contributed by atoms with Crippen LogP contribution in [0.15, 0.2) is 12.1 Å². The highest BCUT2D eigenvalue weighted by atomic mass is 32.1. The van der Waals surface area contributed by atoms with E-state index in [4.69, 9.17) is 5.73 Å². The van der Waals surface area contributed by atoms with E-state index in [1.165, 1.54) is 0 Å². The molecule has 0 aliphatic carbocycles. The van der Waals surface area contributed by atoms with Crippen molar-refractivity contribution in [3.8, 4) is 0 Å². The van der Waals surface area contributed by atoms with Crippen LogP contribution in [0.1, 0.15) is 17.8 Å². The first-order valence-corrected chi connectivity index (χ1v) is 7.05. The van der Waals surface area contributed by atoms with E-state index < -0.39 is 0 Å². The summed E-state index contributed by atoms with van der Waals surface area (Å²) in [7, 11) is 0. The van der Waals surface area contributed by atoms with Crippen LogP contribution in [-0.4, -0.2) is 29.3 Å². The first-order chi connectivity index (χ1) is 8.69. The van der Waals surface area contributed by atoms with Gasteiger partial charge in [0.1, 0.15) is 0 Å². The molecule has 0 saturated carbocycles. The van der Waals surface area contributed by atoms with E-state index in [-0.39, 0.29) is 12.6 Å². The van der Waals surface area contributed by atoms with Crippen LogP contribution in [0.25, 0.3) is 10.2 Å². The number of nitrogen functional groups attached to an aromatic ring is 1. The molecule has 1 aliphatic rings. The fourth-order valence-electron chi connectivity index (χ4n) is 2.69. The molecule has 0 amide bonds. The molecule has 3 N–H and O–H groups in total. The molecule has 0 spiro atoms. The number of aliphatic hydroxyl groups is 1. The molecule has 96 valence electrons. The largest absolute Gasteiger partial charge is 0.397 e. The topological polar surface area (TPSA) is 62.4 Å². The fraction of sp³-hybridized carbons (Fsp3) is 0.462. The Morgan fingerprint density at radius 2 is 2.39 bits per heavy atom. The number of hydrogen-bond donors (Lipinski definition) is 2. The smallest absolute Gasteiger partial charge is 0.0907 e. The Kier molecular flexibility index (Phi) is 2.87. The molecule has 18 heavy (non-hydrogen) atoms.